The van der Waals surface area contributed by atoms with Gasteiger partial charge in [-0.25, -0.2) is 0 Å². The van der Waals surface area contributed by atoms with Crippen molar-refractivity contribution < 1.29 is 14.7 Å². The Kier molecular flexibility index (Phi) is 1.39. The molecule has 0 aromatic heterocycles. The third-order valence-electron chi connectivity index (χ3n) is 2.07. The molecule has 0 saturated carbocycles. The van der Waals surface area contributed by atoms with Gasteiger partial charge in [0.15, 0.2) is 0 Å². The van der Waals surface area contributed by atoms with Gasteiger partial charge in [0.05, 0.1) is 11.3 Å². The van der Waals surface area contributed by atoms with E-state index in [0.717, 1.165) is 0 Å². The van der Waals surface area contributed by atoms with E-state index in [-0.39, 0.29) is 17.0 Å². The Balaban J connectivity index is 2.70. The molecule has 1 aromatic rings. The van der Waals surface area contributed by atoms with Gasteiger partial charge in [-0.2, -0.15) is 0 Å². The first-order valence-corrected chi connectivity index (χ1v) is 3.79. The fourth-order valence-electron chi connectivity index (χ4n) is 1.30. The number of benzene rings is 1. The summed E-state index contributed by atoms with van der Waals surface area (Å²) in [5.41, 5.74) is 1.11. The Morgan fingerprint density at radius 2 is 2.00 bits per heavy atom. The molecule has 0 radical (unpaired) electrons. The second-order valence-corrected chi connectivity index (χ2v) is 2.94. The molecule has 1 aliphatic rings. The van der Waals surface area contributed by atoms with Crippen LogP contribution in [0, 0.1) is 6.92 Å². The lowest BCUT2D eigenvalue weighted by atomic mass is 10.1. The molecular weight excluding hydrogens is 170 g/mol. The predicted molar refractivity (Wildman–Crippen MR) is 45.8 cm³/mol. The van der Waals surface area contributed by atoms with Crippen LogP contribution in [0.4, 0.5) is 5.69 Å². The number of aryl methyl sites for hydroxylation is 1. The minimum Gasteiger partial charge on any atom is -0.505 e. The molecule has 0 spiro atoms. The lowest BCUT2D eigenvalue weighted by Gasteiger charge is -2.02. The van der Waals surface area contributed by atoms with Gasteiger partial charge in [-0.3, -0.25) is 9.59 Å². The first-order valence-electron chi connectivity index (χ1n) is 3.79. The molecule has 1 aromatic carbocycles. The highest BCUT2D eigenvalue weighted by atomic mass is 16.3. The number of nitrogens with one attached hydrogen (secondary N) is 1. The van der Waals surface area contributed by atoms with Crippen LogP contribution in [-0.2, 0) is 4.79 Å². The average molecular weight is 177 g/mol. The van der Waals surface area contributed by atoms with Crippen molar-refractivity contribution in [2.45, 2.75) is 6.92 Å². The zero-order valence-corrected chi connectivity index (χ0v) is 6.92. The normalized spacial score (nSPS) is 14.2. The standard InChI is InChI=1S/C9H7NO3/c1-4-2-3-5-6(7(4)11)10-9(13)8(5)12/h2-3,11H,1H3,(H,10,12,13). The van der Waals surface area contributed by atoms with Crippen LogP contribution >= 0.6 is 0 Å². The van der Waals surface area contributed by atoms with Crippen molar-refractivity contribution in [3.8, 4) is 5.75 Å². The Labute approximate surface area is 74.2 Å². The lowest BCUT2D eigenvalue weighted by Crippen LogP contribution is -2.12. The number of ketones is 1. The van der Waals surface area contributed by atoms with E-state index in [4.69, 9.17) is 0 Å². The first-order chi connectivity index (χ1) is 6.11. The second kappa shape index (κ2) is 2.32. The number of Topliss-reactive ketones (excluding diaryl/α,β-unsaturated/α-hetero) is 1. The molecule has 66 valence electrons. The number of amides is 1. The minimum absolute atomic E-state index is 0.0308. The number of anilines is 1. The van der Waals surface area contributed by atoms with Crippen molar-refractivity contribution in [3.63, 3.8) is 0 Å². The summed E-state index contributed by atoms with van der Waals surface area (Å²) in [7, 11) is 0. The number of phenolic OH excluding ortho intramolecular Hbond substituents is 1. The van der Waals surface area contributed by atoms with Gasteiger partial charge in [-0.1, -0.05) is 6.07 Å². The zero-order chi connectivity index (χ0) is 9.59. The molecule has 0 bridgehead atoms. The zero-order valence-electron chi connectivity index (χ0n) is 6.92. The van der Waals surface area contributed by atoms with Gasteiger partial charge in [0.2, 0.25) is 0 Å². The summed E-state index contributed by atoms with van der Waals surface area (Å²) in [5, 5.41) is 11.8. The van der Waals surface area contributed by atoms with Crippen molar-refractivity contribution in [2.24, 2.45) is 0 Å². The molecular formula is C9H7NO3. The number of phenols is 1. The number of fused-ring (bicyclic) bond motifs is 1. The number of rotatable bonds is 0. The summed E-state index contributed by atoms with van der Waals surface area (Å²) in [6, 6.07) is 3.14. The Morgan fingerprint density at radius 3 is 2.69 bits per heavy atom. The van der Waals surface area contributed by atoms with Crippen molar-refractivity contribution in [2.75, 3.05) is 5.32 Å². The van der Waals surface area contributed by atoms with Crippen molar-refractivity contribution >= 4 is 17.4 Å². The monoisotopic (exact) mass is 177 g/mol. The highest BCUT2D eigenvalue weighted by molar-refractivity contribution is 6.52. The van der Waals surface area contributed by atoms with Crippen LogP contribution in [0.25, 0.3) is 0 Å². The molecule has 2 rings (SSSR count). The Bertz CT molecular complexity index is 423. The minimum atomic E-state index is -0.684. The number of hydrogen-bond acceptors (Lipinski definition) is 3. The largest absolute Gasteiger partial charge is 0.505 e. The maximum Gasteiger partial charge on any atom is 0.296 e. The SMILES string of the molecule is Cc1ccc2c(c1O)NC(=O)C2=O. The average Bonchev–Trinajstić information content (AvgIpc) is 2.38. The van der Waals surface area contributed by atoms with Gasteiger partial charge >= 0.3 is 0 Å². The topological polar surface area (TPSA) is 66.4 Å². The maximum atomic E-state index is 11.1. The molecule has 1 aliphatic heterocycles. The van der Waals surface area contributed by atoms with E-state index in [1.807, 2.05) is 0 Å². The fourth-order valence-corrected chi connectivity index (χ4v) is 1.30. The van der Waals surface area contributed by atoms with Crippen molar-refractivity contribution in [1.29, 1.82) is 0 Å². The summed E-state index contributed by atoms with van der Waals surface area (Å²) in [6.45, 7) is 1.70. The first kappa shape index (κ1) is 7.79. The van der Waals surface area contributed by atoms with Gasteiger partial charge in [-0.15, -0.1) is 0 Å². The third kappa shape index (κ3) is 0.917. The van der Waals surface area contributed by atoms with Crippen molar-refractivity contribution in [1.82, 2.24) is 0 Å². The molecule has 0 saturated heterocycles. The quantitative estimate of drug-likeness (QED) is 0.455. The van der Waals surface area contributed by atoms with Gasteiger partial charge in [0.1, 0.15) is 5.75 Å². The van der Waals surface area contributed by atoms with E-state index in [9.17, 15) is 14.7 Å². The van der Waals surface area contributed by atoms with Gasteiger partial charge in [-0.05, 0) is 18.6 Å². The molecule has 13 heavy (non-hydrogen) atoms. The van der Waals surface area contributed by atoms with Crippen LogP contribution in [0.15, 0.2) is 12.1 Å². The molecule has 0 aliphatic carbocycles. The fraction of sp³-hybridized carbons (Fsp3) is 0.111. The summed E-state index contributed by atoms with van der Waals surface area (Å²) >= 11 is 0. The number of aromatic hydroxyl groups is 1. The summed E-state index contributed by atoms with van der Waals surface area (Å²) in [4.78, 5) is 22.1. The number of carbonyl (C=O) groups excluding carboxylic acids is 2. The van der Waals surface area contributed by atoms with Gasteiger partial charge in [0, 0.05) is 0 Å². The molecule has 1 heterocycles. The van der Waals surface area contributed by atoms with Crippen molar-refractivity contribution in [3.05, 3.63) is 23.3 Å². The van der Waals surface area contributed by atoms with Crippen LogP contribution in [0.5, 0.6) is 5.75 Å². The van der Waals surface area contributed by atoms with E-state index in [2.05, 4.69) is 5.32 Å². The lowest BCUT2D eigenvalue weighted by molar-refractivity contribution is -0.112. The van der Waals surface area contributed by atoms with E-state index in [1.54, 1.807) is 13.0 Å². The van der Waals surface area contributed by atoms with Crippen LogP contribution in [0.2, 0.25) is 0 Å². The molecule has 4 heteroatoms. The predicted octanol–water partition coefficient (Wildman–Crippen LogP) is 0.835. The van der Waals surface area contributed by atoms with Gasteiger partial charge < -0.3 is 10.4 Å². The molecule has 0 fully saturated rings. The molecule has 2 N–H and O–H groups in total. The highest BCUT2D eigenvalue weighted by Crippen LogP contribution is 2.34. The van der Waals surface area contributed by atoms with Gasteiger partial charge in [0.25, 0.3) is 11.7 Å². The summed E-state index contributed by atoms with van der Waals surface area (Å²) in [5.74, 6) is -1.31. The Hall–Kier alpha value is -1.84. The van der Waals surface area contributed by atoms with Crippen LogP contribution in [-0.4, -0.2) is 16.8 Å². The third-order valence-corrected chi connectivity index (χ3v) is 2.07. The van der Waals surface area contributed by atoms with Crippen LogP contribution in [0.3, 0.4) is 0 Å². The summed E-state index contributed by atoms with van der Waals surface area (Å²) < 4.78 is 0. The van der Waals surface area contributed by atoms with E-state index in [1.165, 1.54) is 6.07 Å². The summed E-state index contributed by atoms with van der Waals surface area (Å²) in [6.07, 6.45) is 0. The number of hydrogen-bond donors (Lipinski definition) is 2. The van der Waals surface area contributed by atoms with E-state index in [0.29, 0.717) is 5.56 Å². The number of carbonyl (C=O) groups is 2. The smallest absolute Gasteiger partial charge is 0.296 e. The Morgan fingerprint density at radius 1 is 1.31 bits per heavy atom. The van der Waals surface area contributed by atoms with E-state index < -0.39 is 11.7 Å². The second-order valence-electron chi connectivity index (χ2n) is 2.94. The molecule has 0 atom stereocenters. The highest BCUT2D eigenvalue weighted by Gasteiger charge is 2.30. The van der Waals surface area contributed by atoms with E-state index >= 15 is 0 Å². The molecule has 0 unspecified atom stereocenters. The molecule has 1 amide bonds. The maximum absolute atomic E-state index is 11.1. The van der Waals surface area contributed by atoms with Crippen LogP contribution < -0.4 is 5.32 Å². The molecule has 4 nitrogen and oxygen atoms in total. The van der Waals surface area contributed by atoms with Crippen LogP contribution in [0.1, 0.15) is 15.9 Å².